The zero-order valence-corrected chi connectivity index (χ0v) is 22.3. The van der Waals surface area contributed by atoms with Crippen LogP contribution in [0.15, 0.2) is 24.5 Å². The average Bonchev–Trinajstić information content (AvgIpc) is 2.92. The molecular formula is C28H44N4O5. The molecule has 2 N–H and O–H groups in total. The minimum absolute atomic E-state index is 0.0231. The van der Waals surface area contributed by atoms with E-state index in [1.165, 1.54) is 5.56 Å². The van der Waals surface area contributed by atoms with E-state index in [0.717, 1.165) is 58.4 Å². The summed E-state index contributed by atoms with van der Waals surface area (Å²) < 4.78 is 5.60. The van der Waals surface area contributed by atoms with Crippen molar-refractivity contribution in [3.63, 3.8) is 0 Å². The molecule has 9 heteroatoms. The maximum atomic E-state index is 13.3. The number of hydrogen-bond acceptors (Lipinski definition) is 8. The largest absolute Gasteiger partial charge is 0.462 e. The van der Waals surface area contributed by atoms with E-state index < -0.39 is 17.6 Å². The van der Waals surface area contributed by atoms with Gasteiger partial charge < -0.3 is 24.7 Å². The van der Waals surface area contributed by atoms with E-state index in [9.17, 15) is 19.8 Å². The van der Waals surface area contributed by atoms with Crippen molar-refractivity contribution in [3.05, 3.63) is 30.1 Å². The van der Waals surface area contributed by atoms with Crippen LogP contribution in [-0.4, -0.2) is 107 Å². The molecule has 4 heterocycles. The second-order valence-corrected chi connectivity index (χ2v) is 11.3. The number of piperidine rings is 2. The number of nitrogens with zero attached hydrogens (tertiary/aromatic N) is 4. The third-order valence-corrected chi connectivity index (χ3v) is 8.64. The first-order valence-corrected chi connectivity index (χ1v) is 14.0. The van der Waals surface area contributed by atoms with Crippen molar-refractivity contribution in [2.45, 2.75) is 70.1 Å². The molecule has 4 rings (SSSR count). The quantitative estimate of drug-likeness (QED) is 0.585. The molecule has 0 aromatic carbocycles. The van der Waals surface area contributed by atoms with Crippen molar-refractivity contribution in [3.8, 4) is 0 Å². The van der Waals surface area contributed by atoms with Crippen LogP contribution in [-0.2, 0) is 20.9 Å². The maximum Gasteiger partial charge on any atom is 0.312 e. The van der Waals surface area contributed by atoms with Gasteiger partial charge in [0.1, 0.15) is 12.7 Å². The molecule has 0 aliphatic carbocycles. The number of carbonyl (C=O) groups is 2. The van der Waals surface area contributed by atoms with Gasteiger partial charge in [0.2, 0.25) is 5.91 Å². The van der Waals surface area contributed by atoms with E-state index in [4.69, 9.17) is 4.74 Å². The first kappa shape index (κ1) is 28.0. The van der Waals surface area contributed by atoms with Crippen molar-refractivity contribution < 1.29 is 24.5 Å². The number of aromatic nitrogens is 1. The minimum atomic E-state index is -1.16. The molecule has 0 radical (unpaired) electrons. The van der Waals surface area contributed by atoms with E-state index >= 15 is 0 Å². The third kappa shape index (κ3) is 7.50. The Morgan fingerprint density at radius 2 is 1.68 bits per heavy atom. The van der Waals surface area contributed by atoms with Gasteiger partial charge in [-0.1, -0.05) is 6.42 Å². The second-order valence-electron chi connectivity index (χ2n) is 11.3. The lowest BCUT2D eigenvalue weighted by Crippen LogP contribution is -2.45. The van der Waals surface area contributed by atoms with Crippen molar-refractivity contribution in [1.29, 1.82) is 0 Å². The van der Waals surface area contributed by atoms with Crippen molar-refractivity contribution in [2.75, 3.05) is 52.9 Å². The molecule has 0 unspecified atom stereocenters. The van der Waals surface area contributed by atoms with Crippen LogP contribution in [0.25, 0.3) is 0 Å². The zero-order chi connectivity index (χ0) is 26.3. The highest BCUT2D eigenvalue weighted by molar-refractivity contribution is 5.79. The van der Waals surface area contributed by atoms with Crippen LogP contribution in [0.1, 0.15) is 56.9 Å². The summed E-state index contributed by atoms with van der Waals surface area (Å²) in [5.74, 6) is -0.0770. The monoisotopic (exact) mass is 516 g/mol. The number of rotatable bonds is 3. The number of esters is 1. The van der Waals surface area contributed by atoms with Crippen molar-refractivity contribution >= 4 is 11.9 Å². The van der Waals surface area contributed by atoms with Crippen LogP contribution in [0.2, 0.25) is 0 Å². The topological polar surface area (TPSA) is 106 Å². The van der Waals surface area contributed by atoms with Gasteiger partial charge in [-0.25, -0.2) is 0 Å². The number of carbonyl (C=O) groups excluding carboxylic acids is 2. The van der Waals surface area contributed by atoms with Crippen LogP contribution in [0.5, 0.6) is 0 Å². The molecule has 0 bridgehead atoms. The molecule has 0 saturated carbocycles. The summed E-state index contributed by atoms with van der Waals surface area (Å²) in [4.78, 5) is 37.2. The number of amides is 1. The summed E-state index contributed by atoms with van der Waals surface area (Å²) in [6.07, 6.45) is 7.15. The number of aliphatic hydroxyl groups excluding tert-OH is 2. The van der Waals surface area contributed by atoms with Gasteiger partial charge in [-0.15, -0.1) is 0 Å². The van der Waals surface area contributed by atoms with Crippen LogP contribution < -0.4 is 0 Å². The number of aliphatic hydroxyl groups is 2. The first-order chi connectivity index (χ1) is 17.9. The maximum absolute atomic E-state index is 13.3. The first-order valence-electron chi connectivity index (χ1n) is 14.0. The molecular weight excluding hydrogens is 472 g/mol. The van der Waals surface area contributed by atoms with Gasteiger partial charge in [0.15, 0.2) is 0 Å². The Morgan fingerprint density at radius 3 is 2.38 bits per heavy atom. The Hall–Kier alpha value is -2.07. The summed E-state index contributed by atoms with van der Waals surface area (Å²) in [5, 5.41) is 21.0. The number of ether oxygens (including phenoxy) is 1. The lowest BCUT2D eigenvalue weighted by Gasteiger charge is -2.40. The molecule has 1 aromatic heterocycles. The molecule has 206 valence electrons. The minimum Gasteiger partial charge on any atom is -0.462 e. The van der Waals surface area contributed by atoms with E-state index in [0.29, 0.717) is 32.4 Å². The van der Waals surface area contributed by atoms with Crippen LogP contribution in [0.3, 0.4) is 0 Å². The summed E-state index contributed by atoms with van der Waals surface area (Å²) >= 11 is 0. The molecule has 9 nitrogen and oxygen atoms in total. The smallest absolute Gasteiger partial charge is 0.312 e. The molecule has 1 amide bonds. The van der Waals surface area contributed by atoms with Gasteiger partial charge in [0.25, 0.3) is 0 Å². The number of hydrogen-bond donors (Lipinski definition) is 2. The normalized spacial score (nSPS) is 27.6. The van der Waals surface area contributed by atoms with Gasteiger partial charge >= 0.3 is 5.97 Å². The third-order valence-electron chi connectivity index (χ3n) is 8.64. The Bertz CT molecular complexity index is 869. The second kappa shape index (κ2) is 13.1. The van der Waals surface area contributed by atoms with E-state index in [-0.39, 0.29) is 30.8 Å². The van der Waals surface area contributed by atoms with E-state index in [1.54, 1.807) is 12.4 Å². The molecule has 2 atom stereocenters. The molecule has 1 aromatic rings. The van der Waals surface area contributed by atoms with Crippen molar-refractivity contribution in [1.82, 2.24) is 19.7 Å². The highest BCUT2D eigenvalue weighted by Crippen LogP contribution is 2.39. The fourth-order valence-electron chi connectivity index (χ4n) is 5.96. The van der Waals surface area contributed by atoms with Gasteiger partial charge in [0.05, 0.1) is 11.5 Å². The highest BCUT2D eigenvalue weighted by atomic mass is 16.5. The van der Waals surface area contributed by atoms with Gasteiger partial charge in [-0.3, -0.25) is 19.5 Å². The van der Waals surface area contributed by atoms with E-state index in [2.05, 4.69) is 21.8 Å². The number of likely N-dealkylation sites (tertiary alicyclic amines) is 2. The fourth-order valence-corrected chi connectivity index (χ4v) is 5.96. The van der Waals surface area contributed by atoms with Gasteiger partial charge in [-0.2, -0.15) is 0 Å². The van der Waals surface area contributed by atoms with Crippen molar-refractivity contribution in [2.24, 2.45) is 11.3 Å². The molecule has 3 fully saturated rings. The Morgan fingerprint density at radius 1 is 0.973 bits per heavy atom. The lowest BCUT2D eigenvalue weighted by molar-refractivity contribution is -0.165. The molecule has 3 aliphatic rings. The van der Waals surface area contributed by atoms with Gasteiger partial charge in [-0.05, 0) is 95.9 Å². The molecule has 3 aliphatic heterocycles. The Kier molecular flexibility index (Phi) is 9.92. The van der Waals surface area contributed by atoms with Crippen LogP contribution in [0.4, 0.5) is 0 Å². The molecule has 37 heavy (non-hydrogen) atoms. The summed E-state index contributed by atoms with van der Waals surface area (Å²) in [7, 11) is 2.08. The Labute approximate surface area is 220 Å². The SMILES string of the molecule is CN1CCC(C(=O)N2CCCCC3(CCN(Cc4ccncc4)CC3)C(=O)OC[C@@H](O)[C@@H](O)CC2)CC1. The number of pyridine rings is 1. The summed E-state index contributed by atoms with van der Waals surface area (Å²) in [6, 6.07) is 4.03. The van der Waals surface area contributed by atoms with Crippen LogP contribution in [0, 0.1) is 11.3 Å². The van der Waals surface area contributed by atoms with Gasteiger partial charge in [0, 0.05) is 37.9 Å². The fraction of sp³-hybridized carbons (Fsp3) is 0.750. The standard InChI is InChI=1S/C28H44N4O5/c1-30-15-6-23(7-16-30)26(35)32-14-3-2-9-28(27(36)37-21-25(34)24(33)8-17-32)10-18-31(19-11-28)20-22-4-12-29-13-5-22/h4-5,12-13,23-25,33-34H,2-3,6-11,14-21H2,1H3/t24-,25+/m0/s1. The molecule has 3 saturated heterocycles. The molecule has 1 spiro atoms. The van der Waals surface area contributed by atoms with E-state index in [1.807, 2.05) is 17.0 Å². The number of cyclic esters (lactones) is 1. The summed E-state index contributed by atoms with van der Waals surface area (Å²) in [6.45, 7) is 5.07. The highest BCUT2D eigenvalue weighted by Gasteiger charge is 2.43. The van der Waals surface area contributed by atoms with Crippen LogP contribution >= 0.6 is 0 Å². The Balaban J connectivity index is 1.39. The average molecular weight is 517 g/mol. The predicted molar refractivity (Wildman–Crippen MR) is 139 cm³/mol. The summed E-state index contributed by atoms with van der Waals surface area (Å²) in [5.41, 5.74) is 0.617. The predicted octanol–water partition coefficient (Wildman–Crippen LogP) is 1.67. The lowest BCUT2D eigenvalue weighted by atomic mass is 9.74. The zero-order valence-electron chi connectivity index (χ0n) is 22.3.